The van der Waals surface area contributed by atoms with Crippen LogP contribution in [0.25, 0.3) is 33.4 Å². The Morgan fingerprint density at radius 2 is 1.64 bits per heavy atom. The van der Waals surface area contributed by atoms with E-state index >= 15 is 0 Å². The van der Waals surface area contributed by atoms with Gasteiger partial charge in [-0.15, -0.1) is 0 Å². The number of pyridine rings is 2. The second kappa shape index (κ2) is 7.77. The van der Waals surface area contributed by atoms with Gasteiger partial charge in [0.25, 0.3) is 0 Å². The van der Waals surface area contributed by atoms with E-state index in [-0.39, 0.29) is 5.82 Å². The predicted molar refractivity (Wildman–Crippen MR) is 111 cm³/mol. The van der Waals surface area contributed by atoms with Gasteiger partial charge < -0.3 is 4.74 Å². The number of rotatable bonds is 5. The maximum atomic E-state index is 13.6. The number of nitrogens with zero attached hydrogens (tertiary/aromatic N) is 2. The summed E-state index contributed by atoms with van der Waals surface area (Å²) in [5.74, 6) is 0.616. The van der Waals surface area contributed by atoms with Gasteiger partial charge in [0.05, 0.1) is 23.5 Å². The Labute approximate surface area is 163 Å². The van der Waals surface area contributed by atoms with E-state index < -0.39 is 0 Å². The molecule has 0 bridgehead atoms. The molecule has 0 aliphatic heterocycles. The average molecular weight is 372 g/mol. The van der Waals surface area contributed by atoms with Crippen molar-refractivity contribution in [3.8, 4) is 28.3 Å². The Balaban J connectivity index is 1.67. The Morgan fingerprint density at radius 3 is 2.32 bits per heavy atom. The van der Waals surface area contributed by atoms with Crippen molar-refractivity contribution < 1.29 is 9.13 Å². The summed E-state index contributed by atoms with van der Waals surface area (Å²) in [6.07, 6.45) is 2.65. The first kappa shape index (κ1) is 18.1. The van der Waals surface area contributed by atoms with Gasteiger partial charge in [0.15, 0.2) is 0 Å². The maximum absolute atomic E-state index is 13.6. The van der Waals surface area contributed by atoms with Crippen molar-refractivity contribution in [1.82, 2.24) is 9.97 Å². The average Bonchev–Trinajstić information content (AvgIpc) is 2.74. The number of fused-ring (bicyclic) bond motifs is 1. The second-order valence-electron chi connectivity index (χ2n) is 6.57. The van der Waals surface area contributed by atoms with Gasteiger partial charge in [-0.3, -0.25) is 4.98 Å². The fourth-order valence-corrected chi connectivity index (χ4v) is 3.31. The van der Waals surface area contributed by atoms with Crippen LogP contribution in [0, 0.1) is 5.82 Å². The standard InChI is InChI=1S/C24H21FN2O/c1-3-16-13-24(27-23-12-8-19(25)14-21(16)23)18-7-11-22(26-15-18)17-5-9-20(10-6-17)28-4-2/h5-15H,3-4H2,1-2H3. The molecule has 0 spiro atoms. The van der Waals surface area contributed by atoms with Crippen LogP contribution in [0.4, 0.5) is 4.39 Å². The number of hydrogen-bond donors (Lipinski definition) is 0. The van der Waals surface area contributed by atoms with Crippen molar-refractivity contribution in [2.75, 3.05) is 6.61 Å². The summed E-state index contributed by atoms with van der Waals surface area (Å²) in [6.45, 7) is 4.68. The van der Waals surface area contributed by atoms with Crippen LogP contribution in [0.3, 0.4) is 0 Å². The molecule has 3 nitrogen and oxygen atoms in total. The van der Waals surface area contributed by atoms with Crippen molar-refractivity contribution in [2.45, 2.75) is 20.3 Å². The number of ether oxygens (including phenoxy) is 1. The summed E-state index contributed by atoms with van der Waals surface area (Å²) < 4.78 is 19.1. The lowest BCUT2D eigenvalue weighted by Gasteiger charge is -2.09. The fourth-order valence-electron chi connectivity index (χ4n) is 3.31. The van der Waals surface area contributed by atoms with Gasteiger partial charge in [-0.05, 0) is 79.6 Å². The van der Waals surface area contributed by atoms with Gasteiger partial charge in [-0.25, -0.2) is 9.37 Å². The zero-order valence-corrected chi connectivity index (χ0v) is 15.9. The molecule has 0 fully saturated rings. The largest absolute Gasteiger partial charge is 0.494 e. The van der Waals surface area contributed by atoms with E-state index in [1.165, 1.54) is 6.07 Å². The summed E-state index contributed by atoms with van der Waals surface area (Å²) in [5.41, 5.74) is 5.59. The van der Waals surface area contributed by atoms with Crippen LogP contribution in [0.1, 0.15) is 19.4 Å². The third kappa shape index (κ3) is 3.58. The van der Waals surface area contributed by atoms with E-state index in [4.69, 9.17) is 9.72 Å². The third-order valence-electron chi connectivity index (χ3n) is 4.76. The molecule has 2 heterocycles. The SMILES string of the molecule is CCOc1ccc(-c2ccc(-c3cc(CC)c4cc(F)ccc4n3)cn2)cc1. The number of benzene rings is 2. The lowest BCUT2D eigenvalue weighted by Crippen LogP contribution is -1.93. The smallest absolute Gasteiger partial charge is 0.123 e. The molecular formula is C24H21FN2O. The third-order valence-corrected chi connectivity index (χ3v) is 4.76. The van der Waals surface area contributed by atoms with Crippen LogP contribution in [0.15, 0.2) is 66.9 Å². The number of halogens is 1. The van der Waals surface area contributed by atoms with Crippen molar-refractivity contribution in [2.24, 2.45) is 0 Å². The predicted octanol–water partition coefficient (Wildman–Crippen LogP) is 6.06. The van der Waals surface area contributed by atoms with E-state index in [0.717, 1.165) is 51.2 Å². The van der Waals surface area contributed by atoms with Crippen LogP contribution in [0.2, 0.25) is 0 Å². The fraction of sp³-hybridized carbons (Fsp3) is 0.167. The Kier molecular flexibility index (Phi) is 5.02. The van der Waals surface area contributed by atoms with Crippen LogP contribution in [-0.2, 0) is 6.42 Å². The lowest BCUT2D eigenvalue weighted by atomic mass is 10.0. The topological polar surface area (TPSA) is 35.0 Å². The molecule has 4 rings (SSSR count). The minimum absolute atomic E-state index is 0.238. The number of aryl methyl sites for hydroxylation is 1. The summed E-state index contributed by atoms with van der Waals surface area (Å²) >= 11 is 0. The van der Waals surface area contributed by atoms with E-state index in [0.29, 0.717) is 6.61 Å². The molecule has 0 aliphatic rings. The molecule has 0 amide bonds. The summed E-state index contributed by atoms with van der Waals surface area (Å²) in [6, 6.07) is 18.7. The van der Waals surface area contributed by atoms with Crippen molar-refractivity contribution >= 4 is 10.9 Å². The van der Waals surface area contributed by atoms with Gasteiger partial charge in [0, 0.05) is 22.7 Å². The summed E-state index contributed by atoms with van der Waals surface area (Å²) in [5, 5.41) is 0.866. The Bertz CT molecular complexity index is 1110. The normalized spacial score (nSPS) is 11.0. The van der Waals surface area contributed by atoms with Gasteiger partial charge >= 0.3 is 0 Å². The molecule has 0 radical (unpaired) electrons. The highest BCUT2D eigenvalue weighted by Crippen LogP contribution is 2.27. The first-order chi connectivity index (χ1) is 13.7. The molecule has 4 heteroatoms. The molecule has 0 unspecified atom stereocenters. The molecule has 0 N–H and O–H groups in total. The van der Waals surface area contributed by atoms with Crippen LogP contribution in [-0.4, -0.2) is 16.6 Å². The minimum Gasteiger partial charge on any atom is -0.494 e. The molecule has 4 aromatic rings. The second-order valence-corrected chi connectivity index (χ2v) is 6.57. The molecule has 2 aromatic heterocycles. The highest BCUT2D eigenvalue weighted by Gasteiger charge is 2.09. The van der Waals surface area contributed by atoms with Gasteiger partial charge in [0.2, 0.25) is 0 Å². The van der Waals surface area contributed by atoms with Crippen molar-refractivity contribution in [3.63, 3.8) is 0 Å². The first-order valence-electron chi connectivity index (χ1n) is 9.46. The molecule has 0 saturated carbocycles. The highest BCUT2D eigenvalue weighted by atomic mass is 19.1. The summed E-state index contributed by atoms with van der Waals surface area (Å²) in [4.78, 5) is 9.32. The van der Waals surface area contributed by atoms with Crippen LogP contribution >= 0.6 is 0 Å². The van der Waals surface area contributed by atoms with E-state index in [1.807, 2.05) is 55.6 Å². The number of aromatic nitrogens is 2. The van der Waals surface area contributed by atoms with Crippen LogP contribution in [0.5, 0.6) is 5.75 Å². The Hall–Kier alpha value is -3.27. The molecule has 0 atom stereocenters. The van der Waals surface area contributed by atoms with Gasteiger partial charge in [0.1, 0.15) is 11.6 Å². The minimum atomic E-state index is -0.238. The molecule has 28 heavy (non-hydrogen) atoms. The summed E-state index contributed by atoms with van der Waals surface area (Å²) in [7, 11) is 0. The van der Waals surface area contributed by atoms with E-state index in [9.17, 15) is 4.39 Å². The number of hydrogen-bond acceptors (Lipinski definition) is 3. The van der Waals surface area contributed by atoms with Gasteiger partial charge in [-0.2, -0.15) is 0 Å². The van der Waals surface area contributed by atoms with Crippen molar-refractivity contribution in [1.29, 1.82) is 0 Å². The zero-order valence-electron chi connectivity index (χ0n) is 15.9. The zero-order chi connectivity index (χ0) is 19.5. The molecular weight excluding hydrogens is 351 g/mol. The first-order valence-corrected chi connectivity index (χ1v) is 9.46. The Morgan fingerprint density at radius 1 is 0.857 bits per heavy atom. The monoisotopic (exact) mass is 372 g/mol. The van der Waals surface area contributed by atoms with E-state index in [1.54, 1.807) is 12.1 Å². The maximum Gasteiger partial charge on any atom is 0.123 e. The molecule has 140 valence electrons. The lowest BCUT2D eigenvalue weighted by molar-refractivity contribution is 0.340. The quantitative estimate of drug-likeness (QED) is 0.427. The highest BCUT2D eigenvalue weighted by molar-refractivity contribution is 5.85. The molecule has 2 aromatic carbocycles. The van der Waals surface area contributed by atoms with Crippen LogP contribution < -0.4 is 4.74 Å². The van der Waals surface area contributed by atoms with Crippen molar-refractivity contribution in [3.05, 3.63) is 78.2 Å². The molecule has 0 aliphatic carbocycles. The van der Waals surface area contributed by atoms with E-state index in [2.05, 4.69) is 11.9 Å². The van der Waals surface area contributed by atoms with Gasteiger partial charge in [-0.1, -0.05) is 6.92 Å². The molecule has 0 saturated heterocycles.